The number of nitrogens with zero attached hydrogens (tertiary/aromatic N) is 4. The van der Waals surface area contributed by atoms with Gasteiger partial charge in [-0.1, -0.05) is 0 Å². The van der Waals surface area contributed by atoms with Gasteiger partial charge in [0.2, 0.25) is 0 Å². The van der Waals surface area contributed by atoms with Crippen LogP contribution in [0.3, 0.4) is 0 Å². The summed E-state index contributed by atoms with van der Waals surface area (Å²) < 4.78 is 50.1. The minimum atomic E-state index is -4.65. The molecular formula is C16H16F3N5O2. The molecule has 3 aromatic rings. The molecule has 26 heavy (non-hydrogen) atoms. The monoisotopic (exact) mass is 367 g/mol. The Labute approximate surface area is 146 Å². The molecule has 10 heteroatoms. The van der Waals surface area contributed by atoms with Crippen molar-refractivity contribution in [3.63, 3.8) is 0 Å². The smallest absolute Gasteiger partial charge is 0.453 e. The first-order chi connectivity index (χ1) is 12.3. The number of fused-ring (bicyclic) bond motifs is 1. The van der Waals surface area contributed by atoms with Gasteiger partial charge in [-0.25, -0.2) is 0 Å². The van der Waals surface area contributed by atoms with Crippen LogP contribution in [0.4, 0.5) is 19.0 Å². The number of halogens is 3. The third-order valence-electron chi connectivity index (χ3n) is 3.78. The van der Waals surface area contributed by atoms with Gasteiger partial charge in [0.25, 0.3) is 5.82 Å². The van der Waals surface area contributed by atoms with Crippen LogP contribution in [0.5, 0.6) is 11.5 Å². The number of benzene rings is 1. The van der Waals surface area contributed by atoms with Gasteiger partial charge in [0, 0.05) is 5.56 Å². The first-order valence-electron chi connectivity index (χ1n) is 7.61. The Kier molecular flexibility index (Phi) is 4.58. The molecule has 0 saturated carbocycles. The molecule has 1 unspecified atom stereocenters. The summed E-state index contributed by atoms with van der Waals surface area (Å²) in [4.78, 5) is 0. The lowest BCUT2D eigenvalue weighted by molar-refractivity contribution is -0.146. The molecule has 0 saturated heterocycles. The predicted molar refractivity (Wildman–Crippen MR) is 87.4 cm³/mol. The number of alkyl halides is 3. The maximum absolute atomic E-state index is 13.0. The summed E-state index contributed by atoms with van der Waals surface area (Å²) in [5.74, 6) is 0.311. The predicted octanol–water partition coefficient (Wildman–Crippen LogP) is 3.33. The Balaban J connectivity index is 1.93. The van der Waals surface area contributed by atoms with Gasteiger partial charge < -0.3 is 14.8 Å². The summed E-state index contributed by atoms with van der Waals surface area (Å²) in [6.07, 6.45) is -4.65. The van der Waals surface area contributed by atoms with Crippen molar-refractivity contribution < 1.29 is 22.6 Å². The normalized spacial score (nSPS) is 12.8. The molecule has 0 fully saturated rings. The summed E-state index contributed by atoms with van der Waals surface area (Å²) >= 11 is 0. The van der Waals surface area contributed by atoms with E-state index in [0.29, 0.717) is 16.0 Å². The van der Waals surface area contributed by atoms with Gasteiger partial charge in [-0.3, -0.25) is 0 Å². The SMILES string of the molecule is COc1ccc(OC)c(C(C)Nc2ccc3nnc(C(F)(F)F)n3n2)c1. The van der Waals surface area contributed by atoms with Crippen molar-refractivity contribution >= 4 is 11.5 Å². The van der Waals surface area contributed by atoms with Gasteiger partial charge >= 0.3 is 6.18 Å². The Morgan fingerprint density at radius 1 is 1.08 bits per heavy atom. The third kappa shape index (κ3) is 3.35. The lowest BCUT2D eigenvalue weighted by atomic mass is 10.1. The highest BCUT2D eigenvalue weighted by Crippen LogP contribution is 2.31. The van der Waals surface area contributed by atoms with E-state index in [0.717, 1.165) is 5.56 Å². The maximum Gasteiger partial charge on any atom is 0.453 e. The molecule has 2 heterocycles. The molecule has 1 N–H and O–H groups in total. The molecule has 138 valence electrons. The molecule has 0 aliphatic heterocycles. The number of hydrogen-bond acceptors (Lipinski definition) is 6. The number of nitrogens with one attached hydrogen (secondary N) is 1. The highest BCUT2D eigenvalue weighted by atomic mass is 19.4. The summed E-state index contributed by atoms with van der Waals surface area (Å²) in [5.41, 5.74) is 0.781. The van der Waals surface area contributed by atoms with Gasteiger partial charge in [-0.05, 0) is 37.3 Å². The summed E-state index contributed by atoms with van der Waals surface area (Å²) in [5, 5.41) is 13.6. The number of hydrogen-bond donors (Lipinski definition) is 1. The molecule has 7 nitrogen and oxygen atoms in total. The van der Waals surface area contributed by atoms with E-state index in [2.05, 4.69) is 20.6 Å². The molecule has 0 aliphatic rings. The summed E-state index contributed by atoms with van der Waals surface area (Å²) in [6.45, 7) is 1.83. The number of anilines is 1. The lowest BCUT2D eigenvalue weighted by Gasteiger charge is -2.18. The molecule has 1 aromatic carbocycles. The zero-order chi connectivity index (χ0) is 18.9. The van der Waals surface area contributed by atoms with Gasteiger partial charge in [0.05, 0.1) is 20.3 Å². The third-order valence-corrected chi connectivity index (χ3v) is 3.78. The van der Waals surface area contributed by atoms with Crippen LogP contribution in [-0.4, -0.2) is 34.0 Å². The van der Waals surface area contributed by atoms with E-state index in [1.807, 2.05) is 6.92 Å². The topological polar surface area (TPSA) is 73.6 Å². The van der Waals surface area contributed by atoms with Gasteiger partial charge in [-0.2, -0.15) is 17.7 Å². The minimum absolute atomic E-state index is 0.00879. The van der Waals surface area contributed by atoms with Crippen LogP contribution >= 0.6 is 0 Å². The quantitative estimate of drug-likeness (QED) is 0.746. The number of methoxy groups -OCH3 is 2. The molecule has 0 bridgehead atoms. The average Bonchev–Trinajstić information content (AvgIpc) is 3.04. The van der Waals surface area contributed by atoms with E-state index in [1.54, 1.807) is 25.3 Å². The fourth-order valence-corrected chi connectivity index (χ4v) is 2.52. The van der Waals surface area contributed by atoms with Crippen LogP contribution in [0.2, 0.25) is 0 Å². The summed E-state index contributed by atoms with van der Waals surface area (Å²) in [7, 11) is 3.08. The standard InChI is InChI=1S/C16H16F3N5O2/c1-9(11-8-10(25-2)4-5-12(11)26-3)20-13-6-7-14-21-22-15(16(17,18)19)24(14)23-13/h4-9H,1-3H3,(H,20,23). The lowest BCUT2D eigenvalue weighted by Crippen LogP contribution is -2.15. The van der Waals surface area contributed by atoms with Gasteiger partial charge in [0.15, 0.2) is 5.65 Å². The van der Waals surface area contributed by atoms with E-state index in [1.165, 1.54) is 19.2 Å². The fourth-order valence-electron chi connectivity index (χ4n) is 2.52. The number of aromatic nitrogens is 4. The second-order valence-electron chi connectivity index (χ2n) is 5.48. The second kappa shape index (κ2) is 6.70. The van der Waals surface area contributed by atoms with Crippen LogP contribution in [0.25, 0.3) is 5.65 Å². The first-order valence-corrected chi connectivity index (χ1v) is 7.61. The molecule has 1 atom stereocenters. The molecule has 3 rings (SSSR count). The van der Waals surface area contributed by atoms with E-state index in [-0.39, 0.29) is 17.5 Å². The average molecular weight is 367 g/mol. The highest BCUT2D eigenvalue weighted by Gasteiger charge is 2.37. The maximum atomic E-state index is 13.0. The molecular weight excluding hydrogens is 351 g/mol. The number of rotatable bonds is 5. The second-order valence-corrected chi connectivity index (χ2v) is 5.48. The van der Waals surface area contributed by atoms with Gasteiger partial charge in [-0.15, -0.1) is 15.3 Å². The van der Waals surface area contributed by atoms with Crippen molar-refractivity contribution in [3.8, 4) is 11.5 Å². The molecule has 2 aromatic heterocycles. The van der Waals surface area contributed by atoms with Crippen molar-refractivity contribution in [1.82, 2.24) is 19.8 Å². The van der Waals surface area contributed by atoms with Crippen molar-refractivity contribution in [3.05, 3.63) is 41.7 Å². The van der Waals surface area contributed by atoms with Gasteiger partial charge in [0.1, 0.15) is 17.3 Å². The first kappa shape index (κ1) is 17.8. The zero-order valence-electron chi connectivity index (χ0n) is 14.2. The Bertz CT molecular complexity index is 926. The molecule has 0 amide bonds. The van der Waals surface area contributed by atoms with Crippen LogP contribution in [0, 0.1) is 0 Å². The van der Waals surface area contributed by atoms with Crippen molar-refractivity contribution in [2.75, 3.05) is 19.5 Å². The van der Waals surface area contributed by atoms with Crippen LogP contribution in [-0.2, 0) is 6.18 Å². The van der Waals surface area contributed by atoms with Crippen molar-refractivity contribution in [1.29, 1.82) is 0 Å². The van der Waals surface area contributed by atoms with Crippen molar-refractivity contribution in [2.45, 2.75) is 19.1 Å². The van der Waals surface area contributed by atoms with Crippen LogP contribution in [0.15, 0.2) is 30.3 Å². The van der Waals surface area contributed by atoms with E-state index >= 15 is 0 Å². The van der Waals surface area contributed by atoms with Crippen LogP contribution in [0.1, 0.15) is 24.4 Å². The highest BCUT2D eigenvalue weighted by molar-refractivity contribution is 5.48. The molecule has 0 radical (unpaired) electrons. The van der Waals surface area contributed by atoms with E-state index in [4.69, 9.17) is 9.47 Å². The Morgan fingerprint density at radius 3 is 2.50 bits per heavy atom. The Morgan fingerprint density at radius 2 is 1.85 bits per heavy atom. The zero-order valence-corrected chi connectivity index (χ0v) is 14.2. The number of ether oxygens (including phenoxy) is 2. The minimum Gasteiger partial charge on any atom is -0.497 e. The summed E-state index contributed by atoms with van der Waals surface area (Å²) in [6, 6.07) is 7.93. The van der Waals surface area contributed by atoms with Crippen molar-refractivity contribution in [2.24, 2.45) is 0 Å². The van der Waals surface area contributed by atoms with E-state index < -0.39 is 12.0 Å². The fraction of sp³-hybridized carbons (Fsp3) is 0.312. The van der Waals surface area contributed by atoms with E-state index in [9.17, 15) is 13.2 Å². The molecule has 0 aliphatic carbocycles. The molecule has 0 spiro atoms. The van der Waals surface area contributed by atoms with Crippen LogP contribution < -0.4 is 14.8 Å². The largest absolute Gasteiger partial charge is 0.497 e. The Hall–Kier alpha value is -3.04.